The van der Waals surface area contributed by atoms with Gasteiger partial charge in [0.1, 0.15) is 22.2 Å². The molecule has 0 spiro atoms. The Bertz CT molecular complexity index is 1040. The molecule has 1 fully saturated rings. The van der Waals surface area contributed by atoms with Gasteiger partial charge in [0.15, 0.2) is 0 Å². The van der Waals surface area contributed by atoms with Gasteiger partial charge in [0.05, 0.1) is 12.5 Å². The first-order valence-corrected chi connectivity index (χ1v) is 10.8. The van der Waals surface area contributed by atoms with Crippen LogP contribution < -0.4 is 9.64 Å². The third-order valence-corrected chi connectivity index (χ3v) is 6.68. The van der Waals surface area contributed by atoms with E-state index in [1.165, 1.54) is 15.8 Å². The number of nitrogens with zero attached hydrogens (tertiary/aromatic N) is 4. The van der Waals surface area contributed by atoms with Crippen molar-refractivity contribution < 1.29 is 9.53 Å². The van der Waals surface area contributed by atoms with Crippen LogP contribution in [-0.4, -0.2) is 54.1 Å². The van der Waals surface area contributed by atoms with Gasteiger partial charge in [-0.25, -0.2) is 9.97 Å². The van der Waals surface area contributed by atoms with Crippen LogP contribution >= 0.6 is 11.3 Å². The van der Waals surface area contributed by atoms with Crippen molar-refractivity contribution in [1.82, 2.24) is 14.9 Å². The van der Waals surface area contributed by atoms with Crippen molar-refractivity contribution in [3.8, 4) is 5.75 Å². The largest absolute Gasteiger partial charge is 0.497 e. The van der Waals surface area contributed by atoms with Crippen LogP contribution in [0.5, 0.6) is 5.75 Å². The summed E-state index contributed by atoms with van der Waals surface area (Å²) in [5.41, 5.74) is 1.96. The summed E-state index contributed by atoms with van der Waals surface area (Å²) in [6.45, 7) is 9.28. The summed E-state index contributed by atoms with van der Waals surface area (Å²) in [5.74, 6) is 2.72. The number of benzene rings is 1. The van der Waals surface area contributed by atoms with Gasteiger partial charge in [-0.1, -0.05) is 6.92 Å². The number of thiophene rings is 1. The van der Waals surface area contributed by atoms with Crippen molar-refractivity contribution in [2.45, 2.75) is 27.2 Å². The molecule has 7 heteroatoms. The van der Waals surface area contributed by atoms with Crippen LogP contribution in [0.25, 0.3) is 10.2 Å². The average molecular weight is 411 g/mol. The van der Waals surface area contributed by atoms with E-state index in [9.17, 15) is 4.79 Å². The number of carbonyl (C=O) groups excluding carboxylic acids is 1. The molecule has 6 nitrogen and oxygen atoms in total. The summed E-state index contributed by atoms with van der Waals surface area (Å²) < 4.78 is 5.18. The third kappa shape index (κ3) is 3.67. The highest BCUT2D eigenvalue weighted by Gasteiger charge is 2.25. The molecule has 4 rings (SSSR count). The molecule has 3 aromatic rings. The van der Waals surface area contributed by atoms with Crippen LogP contribution in [-0.2, 0) is 6.42 Å². The Morgan fingerprint density at radius 3 is 2.41 bits per heavy atom. The fourth-order valence-corrected chi connectivity index (χ4v) is 4.74. The van der Waals surface area contributed by atoms with Crippen molar-refractivity contribution in [2.24, 2.45) is 0 Å². The number of hydrogen-bond acceptors (Lipinski definition) is 6. The predicted molar refractivity (Wildman–Crippen MR) is 117 cm³/mol. The summed E-state index contributed by atoms with van der Waals surface area (Å²) in [4.78, 5) is 29.0. The predicted octanol–water partition coefficient (Wildman–Crippen LogP) is 3.84. The van der Waals surface area contributed by atoms with Gasteiger partial charge in [-0.3, -0.25) is 4.79 Å². The number of hydrogen-bond donors (Lipinski definition) is 0. The molecule has 3 heterocycles. The lowest BCUT2D eigenvalue weighted by Crippen LogP contribution is -2.49. The molecule has 1 saturated heterocycles. The normalized spacial score (nSPS) is 14.5. The first-order valence-electron chi connectivity index (χ1n) is 9.96. The van der Waals surface area contributed by atoms with Crippen LogP contribution in [0.3, 0.4) is 0 Å². The average Bonchev–Trinajstić information content (AvgIpc) is 3.06. The smallest absolute Gasteiger partial charge is 0.253 e. The Morgan fingerprint density at radius 2 is 1.79 bits per heavy atom. The molecule has 29 heavy (non-hydrogen) atoms. The second-order valence-electron chi connectivity index (χ2n) is 7.29. The van der Waals surface area contributed by atoms with Crippen molar-refractivity contribution in [3.63, 3.8) is 0 Å². The minimum atomic E-state index is 0.0666. The number of amides is 1. The van der Waals surface area contributed by atoms with E-state index in [-0.39, 0.29) is 5.91 Å². The molecule has 152 valence electrons. The fourth-order valence-electron chi connectivity index (χ4n) is 3.70. The highest BCUT2D eigenvalue weighted by Crippen LogP contribution is 2.35. The van der Waals surface area contributed by atoms with Crippen molar-refractivity contribution in [3.05, 3.63) is 46.1 Å². The number of fused-ring (bicyclic) bond motifs is 1. The van der Waals surface area contributed by atoms with E-state index in [0.717, 1.165) is 41.7 Å². The van der Waals surface area contributed by atoms with Gasteiger partial charge in [0.25, 0.3) is 5.91 Å². The molecule has 0 unspecified atom stereocenters. The van der Waals surface area contributed by atoms with Crippen LogP contribution in [0.15, 0.2) is 24.3 Å². The minimum absolute atomic E-state index is 0.0666. The van der Waals surface area contributed by atoms with Crippen LogP contribution in [0, 0.1) is 13.8 Å². The number of rotatable bonds is 4. The van der Waals surface area contributed by atoms with E-state index < -0.39 is 0 Å². The Kier molecular flexibility index (Phi) is 5.41. The van der Waals surface area contributed by atoms with E-state index in [4.69, 9.17) is 14.7 Å². The maximum Gasteiger partial charge on any atom is 0.253 e. The third-order valence-electron chi connectivity index (χ3n) is 5.58. The Hall–Kier alpha value is -2.67. The van der Waals surface area contributed by atoms with Gasteiger partial charge in [-0.05, 0) is 43.7 Å². The lowest BCUT2D eigenvalue weighted by molar-refractivity contribution is 0.0746. The number of anilines is 1. The quantitative estimate of drug-likeness (QED) is 0.654. The molecule has 0 aliphatic carbocycles. The molecular weight excluding hydrogens is 384 g/mol. The van der Waals surface area contributed by atoms with Gasteiger partial charge in [0.2, 0.25) is 0 Å². The molecular formula is C22H26N4O2S. The van der Waals surface area contributed by atoms with E-state index in [0.29, 0.717) is 18.7 Å². The maximum absolute atomic E-state index is 12.9. The summed E-state index contributed by atoms with van der Waals surface area (Å²) >= 11 is 1.74. The number of ether oxygens (including phenoxy) is 1. The lowest BCUT2D eigenvalue weighted by atomic mass is 10.1. The topological polar surface area (TPSA) is 58.6 Å². The van der Waals surface area contributed by atoms with Crippen LogP contribution in [0.2, 0.25) is 0 Å². The second-order valence-corrected chi connectivity index (χ2v) is 8.49. The number of carbonyl (C=O) groups is 1. The molecule has 1 aliphatic heterocycles. The van der Waals surface area contributed by atoms with Crippen molar-refractivity contribution in [1.29, 1.82) is 0 Å². The fraction of sp³-hybridized carbons (Fsp3) is 0.409. The SMILES string of the molecule is CCc1nc(N2CCN(C(=O)c3ccc(OC)cc3)CC2)c2c(C)c(C)sc2n1. The molecule has 0 N–H and O–H groups in total. The van der Waals surface area contributed by atoms with E-state index in [1.54, 1.807) is 18.4 Å². The lowest BCUT2D eigenvalue weighted by Gasteiger charge is -2.36. The van der Waals surface area contributed by atoms with Gasteiger partial charge in [0, 0.05) is 43.0 Å². The second kappa shape index (κ2) is 7.99. The molecule has 1 amide bonds. The molecule has 1 aliphatic rings. The monoisotopic (exact) mass is 410 g/mol. The number of piperazine rings is 1. The zero-order chi connectivity index (χ0) is 20.5. The van der Waals surface area contributed by atoms with Gasteiger partial charge >= 0.3 is 0 Å². The van der Waals surface area contributed by atoms with E-state index in [2.05, 4.69) is 25.7 Å². The van der Waals surface area contributed by atoms with Crippen molar-refractivity contribution in [2.75, 3.05) is 38.2 Å². The van der Waals surface area contributed by atoms with Crippen molar-refractivity contribution >= 4 is 33.3 Å². The van der Waals surface area contributed by atoms with Gasteiger partial charge in [-0.15, -0.1) is 11.3 Å². The minimum Gasteiger partial charge on any atom is -0.497 e. The van der Waals surface area contributed by atoms with Crippen LogP contribution in [0.4, 0.5) is 5.82 Å². The van der Waals surface area contributed by atoms with E-state index in [1.807, 2.05) is 29.2 Å². The zero-order valence-electron chi connectivity index (χ0n) is 17.4. The molecule has 2 aromatic heterocycles. The zero-order valence-corrected chi connectivity index (χ0v) is 18.2. The van der Waals surface area contributed by atoms with E-state index >= 15 is 0 Å². The summed E-state index contributed by atoms with van der Waals surface area (Å²) in [6, 6.07) is 7.31. The molecule has 0 radical (unpaired) electrons. The first-order chi connectivity index (χ1) is 14.0. The maximum atomic E-state index is 12.9. The summed E-state index contributed by atoms with van der Waals surface area (Å²) in [5, 5.41) is 1.17. The Labute approximate surface area is 175 Å². The molecule has 1 aromatic carbocycles. The summed E-state index contributed by atoms with van der Waals surface area (Å²) in [7, 11) is 1.63. The number of methoxy groups -OCH3 is 1. The highest BCUT2D eigenvalue weighted by molar-refractivity contribution is 7.18. The van der Waals surface area contributed by atoms with Crippen LogP contribution in [0.1, 0.15) is 33.5 Å². The Balaban J connectivity index is 1.54. The Morgan fingerprint density at radius 1 is 1.10 bits per heavy atom. The molecule has 0 saturated carbocycles. The molecule has 0 bridgehead atoms. The number of aryl methyl sites for hydroxylation is 3. The summed E-state index contributed by atoms with van der Waals surface area (Å²) in [6.07, 6.45) is 0.814. The first kappa shape index (κ1) is 19.6. The standard InChI is InChI=1S/C22H26N4O2S/c1-5-18-23-20(19-14(2)15(3)29-21(19)24-18)25-10-12-26(13-11-25)22(27)16-6-8-17(28-4)9-7-16/h6-9H,5,10-13H2,1-4H3. The van der Waals surface area contributed by atoms with Gasteiger partial charge in [-0.2, -0.15) is 0 Å². The molecule has 0 atom stereocenters. The highest BCUT2D eigenvalue weighted by atomic mass is 32.1. The van der Waals surface area contributed by atoms with Gasteiger partial charge < -0.3 is 14.5 Å². The number of aromatic nitrogens is 2.